The molecule has 0 aromatic carbocycles. The van der Waals surface area contributed by atoms with Crippen molar-refractivity contribution in [2.24, 2.45) is 0 Å². The van der Waals surface area contributed by atoms with E-state index in [-0.39, 0.29) is 38.6 Å². The highest BCUT2D eigenvalue weighted by molar-refractivity contribution is 5.70. The number of esters is 2. The standard InChI is InChI=1S/C84H137NO8/c1-6-8-10-12-14-16-18-20-22-24-26-28-30-32-34-36-38-40-41-43-44-46-48-50-52-54-56-58-60-62-64-66-68-70-72-74-81(86)91-78-80(79-92-84(83(88)89)90-77-76-85(3,4)5)93-82(87)75-73-71-69-67-65-63-61-59-57-55-53-51-49-47-45-42-39-37-35-33-31-29-27-25-23-21-19-17-15-13-11-9-7-2/h8-11,14-17,20-23,26-29,33,35,39,42,47,49,53,55,59,61,65,67,80,84H,6-7,12-13,18-19,24-25,30-32,34,36-38,40-41,43-46,48,50-52,54,56-58,60,62-64,66,68-79H2,1-5H3/b10-8-,11-9-,16-14-,17-15-,22-20-,23-21-,28-26-,29-27-,35-33-,42-39-,49-47-,55-53-,61-59-,67-65-. The van der Waals surface area contributed by atoms with Crippen molar-refractivity contribution in [1.29, 1.82) is 0 Å². The van der Waals surface area contributed by atoms with Crippen LogP contribution in [0.5, 0.6) is 0 Å². The molecule has 0 aromatic rings. The first-order valence-electron chi connectivity index (χ1n) is 37.3. The van der Waals surface area contributed by atoms with E-state index < -0.39 is 24.3 Å². The lowest BCUT2D eigenvalue weighted by atomic mass is 10.0. The van der Waals surface area contributed by atoms with E-state index in [9.17, 15) is 19.5 Å². The van der Waals surface area contributed by atoms with Crippen LogP contribution in [0.25, 0.3) is 0 Å². The Bertz CT molecular complexity index is 2140. The Kier molecular flexibility index (Phi) is 68.3. The largest absolute Gasteiger partial charge is 0.545 e. The molecule has 0 saturated heterocycles. The van der Waals surface area contributed by atoms with Crippen LogP contribution in [0.1, 0.15) is 284 Å². The molecule has 0 bridgehead atoms. The number of rotatable bonds is 67. The van der Waals surface area contributed by atoms with Crippen molar-refractivity contribution in [3.8, 4) is 0 Å². The summed E-state index contributed by atoms with van der Waals surface area (Å²) < 4.78 is 22.8. The predicted octanol–water partition coefficient (Wildman–Crippen LogP) is 22.5. The van der Waals surface area contributed by atoms with Crippen molar-refractivity contribution in [2.45, 2.75) is 296 Å². The Morgan fingerprint density at radius 2 is 0.581 bits per heavy atom. The molecule has 0 N–H and O–H groups in total. The molecular formula is C84H137NO8. The Balaban J connectivity index is 4.18. The van der Waals surface area contributed by atoms with Crippen molar-refractivity contribution in [1.82, 2.24) is 0 Å². The number of likely N-dealkylation sites (N-methyl/N-ethyl adjacent to an activating group) is 1. The fourth-order valence-corrected chi connectivity index (χ4v) is 9.85. The van der Waals surface area contributed by atoms with E-state index >= 15 is 0 Å². The lowest BCUT2D eigenvalue weighted by Gasteiger charge is -2.26. The molecule has 2 unspecified atom stereocenters. The molecule has 9 nitrogen and oxygen atoms in total. The van der Waals surface area contributed by atoms with E-state index in [1.54, 1.807) is 0 Å². The van der Waals surface area contributed by atoms with Gasteiger partial charge in [-0.2, -0.15) is 0 Å². The lowest BCUT2D eigenvalue weighted by Crippen LogP contribution is -2.44. The summed E-state index contributed by atoms with van der Waals surface area (Å²) in [6.07, 6.45) is 106. The highest BCUT2D eigenvalue weighted by Gasteiger charge is 2.22. The molecule has 0 aliphatic heterocycles. The number of hydrogen-bond acceptors (Lipinski definition) is 8. The number of carbonyl (C=O) groups is 3. The van der Waals surface area contributed by atoms with Gasteiger partial charge in [-0.05, 0) is 128 Å². The second kappa shape index (κ2) is 72.5. The van der Waals surface area contributed by atoms with Crippen LogP contribution in [0.15, 0.2) is 170 Å². The molecule has 0 fully saturated rings. The first-order chi connectivity index (χ1) is 45.6. The van der Waals surface area contributed by atoms with Crippen molar-refractivity contribution in [2.75, 3.05) is 47.5 Å². The Hall–Kier alpha value is -5.35. The van der Waals surface area contributed by atoms with Crippen molar-refractivity contribution in [3.63, 3.8) is 0 Å². The van der Waals surface area contributed by atoms with Gasteiger partial charge < -0.3 is 33.3 Å². The van der Waals surface area contributed by atoms with Crippen LogP contribution in [0.4, 0.5) is 0 Å². The first kappa shape index (κ1) is 87.7. The van der Waals surface area contributed by atoms with E-state index in [1.807, 2.05) is 21.1 Å². The molecule has 2 atom stereocenters. The number of nitrogens with zero attached hydrogens (tertiary/aromatic N) is 1. The predicted molar refractivity (Wildman–Crippen MR) is 398 cm³/mol. The minimum absolute atomic E-state index is 0.131. The highest BCUT2D eigenvalue weighted by atomic mass is 16.7. The second-order valence-corrected chi connectivity index (χ2v) is 25.5. The van der Waals surface area contributed by atoms with Gasteiger partial charge in [0, 0.05) is 12.8 Å². The maximum atomic E-state index is 12.9. The van der Waals surface area contributed by atoms with Crippen molar-refractivity contribution in [3.05, 3.63) is 170 Å². The summed E-state index contributed by atoms with van der Waals surface area (Å²) >= 11 is 0. The number of carboxylic acids is 1. The zero-order valence-electron chi connectivity index (χ0n) is 60.1. The van der Waals surface area contributed by atoms with Crippen LogP contribution in [-0.2, 0) is 33.3 Å². The third kappa shape index (κ3) is 73.9. The normalized spacial score (nSPS) is 13.7. The van der Waals surface area contributed by atoms with E-state index in [1.165, 1.54) is 128 Å². The highest BCUT2D eigenvalue weighted by Crippen LogP contribution is 2.17. The van der Waals surface area contributed by atoms with Gasteiger partial charge in [0.15, 0.2) is 12.4 Å². The fraction of sp³-hybridized carbons (Fsp3) is 0.631. The van der Waals surface area contributed by atoms with Gasteiger partial charge >= 0.3 is 11.9 Å². The van der Waals surface area contributed by atoms with Gasteiger partial charge in [0.2, 0.25) is 0 Å². The van der Waals surface area contributed by atoms with Crippen molar-refractivity contribution < 1.29 is 42.9 Å². The van der Waals surface area contributed by atoms with Crippen molar-refractivity contribution >= 4 is 17.9 Å². The average molecular weight is 1290 g/mol. The molecule has 0 amide bonds. The van der Waals surface area contributed by atoms with Gasteiger partial charge in [0.25, 0.3) is 0 Å². The smallest absolute Gasteiger partial charge is 0.306 e. The number of quaternary nitrogens is 1. The monoisotopic (exact) mass is 1290 g/mol. The van der Waals surface area contributed by atoms with E-state index in [0.29, 0.717) is 17.4 Å². The number of carbonyl (C=O) groups excluding carboxylic acids is 3. The molecule has 0 radical (unpaired) electrons. The lowest BCUT2D eigenvalue weighted by molar-refractivity contribution is -0.870. The van der Waals surface area contributed by atoms with Gasteiger partial charge in [0.05, 0.1) is 40.3 Å². The molecule has 0 spiro atoms. The summed E-state index contributed by atoms with van der Waals surface area (Å²) in [5.41, 5.74) is 0. The SMILES string of the molecule is CC/C=C\C/C=C\C/C=C\C/C=C\C/C=C\C/C=C\C/C=C\C/C=C\C/C=C\C/C=C\CCCCC(=O)OC(COC(=O)CCCCCCCCCCCCCCCCCCCCCCCC/C=C\C/C=C\C/C=C\C/C=C\CC)COC(OCC[N+](C)(C)C)C(=O)[O-]. The van der Waals surface area contributed by atoms with E-state index in [0.717, 1.165) is 122 Å². The number of aliphatic carboxylic acids is 1. The molecule has 93 heavy (non-hydrogen) atoms. The quantitative estimate of drug-likeness (QED) is 0.0195. The van der Waals surface area contributed by atoms with Crippen LogP contribution in [0.2, 0.25) is 0 Å². The zero-order valence-corrected chi connectivity index (χ0v) is 60.1. The zero-order chi connectivity index (χ0) is 67.5. The van der Waals surface area contributed by atoms with Gasteiger partial charge in [0.1, 0.15) is 13.2 Å². The maximum Gasteiger partial charge on any atom is 0.306 e. The minimum Gasteiger partial charge on any atom is -0.545 e. The molecule has 0 aliphatic carbocycles. The Morgan fingerprint density at radius 3 is 0.882 bits per heavy atom. The summed E-state index contributed by atoms with van der Waals surface area (Å²) in [7, 11) is 5.91. The van der Waals surface area contributed by atoms with E-state index in [2.05, 4.69) is 184 Å². The molecule has 0 rings (SSSR count). The summed E-state index contributed by atoms with van der Waals surface area (Å²) in [6.45, 7) is 4.47. The molecule has 9 heteroatoms. The molecule has 0 saturated carbocycles. The van der Waals surface area contributed by atoms with Gasteiger partial charge in [-0.1, -0.05) is 312 Å². The van der Waals surface area contributed by atoms with Gasteiger partial charge in [-0.15, -0.1) is 0 Å². The topological polar surface area (TPSA) is 111 Å². The molecule has 526 valence electrons. The van der Waals surface area contributed by atoms with Gasteiger partial charge in [-0.25, -0.2) is 0 Å². The van der Waals surface area contributed by atoms with Gasteiger partial charge in [-0.3, -0.25) is 9.59 Å². The third-order valence-electron chi connectivity index (χ3n) is 15.5. The molecule has 0 aromatic heterocycles. The molecule has 0 heterocycles. The number of hydrogen-bond donors (Lipinski definition) is 0. The summed E-state index contributed by atoms with van der Waals surface area (Å²) in [6, 6.07) is 0. The van der Waals surface area contributed by atoms with E-state index in [4.69, 9.17) is 18.9 Å². The number of ether oxygens (including phenoxy) is 4. The summed E-state index contributed by atoms with van der Waals surface area (Å²) in [5, 5.41) is 11.8. The first-order valence-corrected chi connectivity index (χ1v) is 37.3. The molecule has 0 aliphatic rings. The average Bonchev–Trinajstić information content (AvgIpc) is 3.74. The fourth-order valence-electron chi connectivity index (χ4n) is 9.85. The second-order valence-electron chi connectivity index (χ2n) is 25.5. The maximum absolute atomic E-state index is 12.9. The molecular weight excluding hydrogens is 1150 g/mol. The number of allylic oxidation sites excluding steroid dienone is 28. The minimum atomic E-state index is -1.64. The number of unbranched alkanes of at least 4 members (excludes halogenated alkanes) is 24. The summed E-state index contributed by atoms with van der Waals surface area (Å²) in [5.74, 6) is -2.35. The van der Waals surface area contributed by atoms with Crippen LogP contribution in [0, 0.1) is 0 Å². The Morgan fingerprint density at radius 1 is 0.323 bits per heavy atom. The van der Waals surface area contributed by atoms with Crippen LogP contribution >= 0.6 is 0 Å². The van der Waals surface area contributed by atoms with Crippen LogP contribution in [0.3, 0.4) is 0 Å². The van der Waals surface area contributed by atoms with Crippen LogP contribution in [-0.4, -0.2) is 82.3 Å². The number of carboxylic acid groups (broad SMARTS) is 1. The third-order valence-corrected chi connectivity index (χ3v) is 15.5. The Labute approximate surface area is 571 Å². The summed E-state index contributed by atoms with van der Waals surface area (Å²) in [4.78, 5) is 37.5. The van der Waals surface area contributed by atoms with Crippen LogP contribution < -0.4 is 5.11 Å².